The number of halogens is 4. The summed E-state index contributed by atoms with van der Waals surface area (Å²) in [4.78, 5) is 0. The molecule has 0 aliphatic carbocycles. The Kier molecular flexibility index (Phi) is 5.02. The van der Waals surface area contributed by atoms with Crippen molar-refractivity contribution < 1.29 is 30.0 Å². The van der Waals surface area contributed by atoms with E-state index in [1.54, 1.807) is 0 Å². The van der Waals surface area contributed by atoms with Gasteiger partial charge < -0.3 is 0 Å². The van der Waals surface area contributed by atoms with E-state index in [-0.39, 0.29) is 11.8 Å². The van der Waals surface area contributed by atoms with Gasteiger partial charge in [-0.3, -0.25) is 0 Å². The molecule has 0 radical (unpaired) electrons. The molecule has 0 heterocycles. The van der Waals surface area contributed by atoms with E-state index in [1.807, 2.05) is 0 Å². The Labute approximate surface area is 93.3 Å². The molecule has 15 heavy (non-hydrogen) atoms. The molecular formula is C4H7BrF3NO4S2. The van der Waals surface area contributed by atoms with Crippen molar-refractivity contribution in [3.8, 4) is 0 Å². The largest absolute Gasteiger partial charge is 0.512 e. The van der Waals surface area contributed by atoms with Crippen LogP contribution < -0.4 is 4.13 Å². The summed E-state index contributed by atoms with van der Waals surface area (Å²) in [5.74, 6) is -0.701. The van der Waals surface area contributed by atoms with Gasteiger partial charge in [0.2, 0.25) is 10.0 Å². The smallest absolute Gasteiger partial charge is 0.211 e. The highest BCUT2D eigenvalue weighted by Crippen LogP contribution is 2.22. The highest BCUT2D eigenvalue weighted by Gasteiger charge is 2.48. The molecule has 0 unspecified atom stereocenters. The van der Waals surface area contributed by atoms with Crippen LogP contribution in [0, 0.1) is 0 Å². The third kappa shape index (κ3) is 5.13. The van der Waals surface area contributed by atoms with Gasteiger partial charge in [0, 0.05) is 5.33 Å². The maximum Gasteiger partial charge on any atom is 0.512 e. The summed E-state index contributed by atoms with van der Waals surface area (Å²) in [6.45, 7) is 0. The molecular weight excluding hydrogens is 327 g/mol. The van der Waals surface area contributed by atoms with E-state index in [0.717, 1.165) is 0 Å². The van der Waals surface area contributed by atoms with Crippen LogP contribution in [0.5, 0.6) is 0 Å². The number of rotatable bonds is 5. The van der Waals surface area contributed by atoms with Gasteiger partial charge in [-0.1, -0.05) is 15.9 Å². The number of hydrogen-bond donors (Lipinski definition) is 1. The highest BCUT2D eigenvalue weighted by atomic mass is 79.9. The molecule has 0 aromatic carbocycles. The first-order valence-electron chi connectivity index (χ1n) is 3.40. The quantitative estimate of drug-likeness (QED) is 0.744. The van der Waals surface area contributed by atoms with E-state index in [0.29, 0.717) is 4.13 Å². The van der Waals surface area contributed by atoms with Crippen LogP contribution in [0.25, 0.3) is 0 Å². The molecule has 0 aliphatic heterocycles. The van der Waals surface area contributed by atoms with Crippen LogP contribution in [-0.4, -0.2) is 33.4 Å². The summed E-state index contributed by atoms with van der Waals surface area (Å²) in [5, 5.41) is 0.236. The van der Waals surface area contributed by atoms with Crippen LogP contribution in [0.3, 0.4) is 0 Å². The van der Waals surface area contributed by atoms with Crippen molar-refractivity contribution in [2.75, 3.05) is 11.1 Å². The maximum absolute atomic E-state index is 11.8. The fourth-order valence-electron chi connectivity index (χ4n) is 0.501. The van der Waals surface area contributed by atoms with E-state index in [2.05, 4.69) is 15.9 Å². The number of alkyl halides is 4. The minimum atomic E-state index is -5.84. The molecule has 0 aliphatic rings. The molecule has 0 atom stereocenters. The number of hydrogen-bond acceptors (Lipinski definition) is 4. The molecule has 0 aromatic heterocycles. The third-order valence-electron chi connectivity index (χ3n) is 1.09. The first-order valence-corrected chi connectivity index (χ1v) is 7.66. The van der Waals surface area contributed by atoms with Crippen molar-refractivity contribution in [2.45, 2.75) is 11.9 Å². The van der Waals surface area contributed by atoms with Crippen molar-refractivity contribution in [2.24, 2.45) is 0 Å². The molecule has 0 saturated heterocycles. The van der Waals surface area contributed by atoms with Gasteiger partial charge in [-0.2, -0.15) is 13.2 Å². The fraction of sp³-hybridized carbons (Fsp3) is 1.00. The lowest BCUT2D eigenvalue weighted by molar-refractivity contribution is -0.0441. The molecule has 1 N–H and O–H groups in total. The van der Waals surface area contributed by atoms with Crippen molar-refractivity contribution in [3.63, 3.8) is 0 Å². The van der Waals surface area contributed by atoms with Gasteiger partial charge in [0.1, 0.15) is 0 Å². The summed E-state index contributed by atoms with van der Waals surface area (Å²) in [6, 6.07) is 0. The topological polar surface area (TPSA) is 80.3 Å². The van der Waals surface area contributed by atoms with Gasteiger partial charge in [0.05, 0.1) is 5.75 Å². The second-order valence-corrected chi connectivity index (χ2v) is 6.96. The molecule has 5 nitrogen and oxygen atoms in total. The minimum Gasteiger partial charge on any atom is -0.211 e. The van der Waals surface area contributed by atoms with Crippen LogP contribution in [0.15, 0.2) is 0 Å². The van der Waals surface area contributed by atoms with E-state index in [1.165, 1.54) is 0 Å². The van der Waals surface area contributed by atoms with Gasteiger partial charge in [-0.05, 0) is 6.42 Å². The Hall–Kier alpha value is 0.130. The lowest BCUT2D eigenvalue weighted by Crippen LogP contribution is -2.41. The molecule has 0 aromatic rings. The van der Waals surface area contributed by atoms with Crippen LogP contribution in [-0.2, 0) is 20.0 Å². The van der Waals surface area contributed by atoms with E-state index < -0.39 is 31.3 Å². The zero-order chi connectivity index (χ0) is 12.3. The Bertz CT molecular complexity index is 400. The Balaban J connectivity index is 4.76. The van der Waals surface area contributed by atoms with Crippen molar-refractivity contribution >= 4 is 36.0 Å². The predicted octanol–water partition coefficient (Wildman–Crippen LogP) is 0.540. The second-order valence-electron chi connectivity index (χ2n) is 2.39. The standard InChI is InChI=1S/C4H7BrF3NO4S2/c5-2-1-3-14(10,11)9-15(12,13)4(6,7)8/h9H,1-3H2. The average Bonchev–Trinajstić information content (AvgIpc) is 1.96. The Morgan fingerprint density at radius 3 is 1.93 bits per heavy atom. The van der Waals surface area contributed by atoms with Crippen LogP contribution in [0.4, 0.5) is 13.2 Å². The second kappa shape index (κ2) is 4.97. The Morgan fingerprint density at radius 2 is 1.60 bits per heavy atom. The summed E-state index contributed by atoms with van der Waals surface area (Å²) < 4.78 is 78.4. The first kappa shape index (κ1) is 15.1. The van der Waals surface area contributed by atoms with Gasteiger partial charge >= 0.3 is 15.5 Å². The predicted molar refractivity (Wildman–Crippen MR) is 50.3 cm³/mol. The van der Waals surface area contributed by atoms with Gasteiger partial charge in [-0.15, -0.1) is 4.13 Å². The van der Waals surface area contributed by atoms with Gasteiger partial charge in [0.25, 0.3) is 0 Å². The van der Waals surface area contributed by atoms with Crippen LogP contribution in [0.2, 0.25) is 0 Å². The third-order valence-corrected chi connectivity index (χ3v) is 4.98. The van der Waals surface area contributed by atoms with E-state index >= 15 is 0 Å². The lowest BCUT2D eigenvalue weighted by Gasteiger charge is -2.09. The number of sulfonamides is 2. The van der Waals surface area contributed by atoms with Crippen LogP contribution >= 0.6 is 15.9 Å². The zero-order valence-electron chi connectivity index (χ0n) is 7.08. The lowest BCUT2D eigenvalue weighted by atomic mass is 10.6. The van der Waals surface area contributed by atoms with Crippen molar-refractivity contribution in [1.29, 1.82) is 0 Å². The summed E-state index contributed by atoms with van der Waals surface area (Å²) in [7, 11) is -10.3. The van der Waals surface area contributed by atoms with Crippen LogP contribution in [0.1, 0.15) is 6.42 Å². The summed E-state index contributed by atoms with van der Waals surface area (Å²) in [5.41, 5.74) is -5.63. The van der Waals surface area contributed by atoms with Gasteiger partial charge in [0.15, 0.2) is 0 Å². The monoisotopic (exact) mass is 333 g/mol. The Morgan fingerprint density at radius 1 is 1.13 bits per heavy atom. The molecule has 0 fully saturated rings. The number of nitrogens with one attached hydrogen (secondary N) is 1. The first-order chi connectivity index (χ1) is 6.52. The molecule has 0 bridgehead atoms. The average molecular weight is 334 g/mol. The molecule has 11 heteroatoms. The van der Waals surface area contributed by atoms with Crippen molar-refractivity contribution in [3.05, 3.63) is 0 Å². The fourth-order valence-corrected chi connectivity index (χ4v) is 3.73. The normalized spacial score (nSPS) is 14.1. The van der Waals surface area contributed by atoms with E-state index in [4.69, 9.17) is 0 Å². The zero-order valence-corrected chi connectivity index (χ0v) is 10.3. The SMILES string of the molecule is O=S(=O)(CCCBr)NS(=O)(=O)C(F)(F)F. The van der Waals surface area contributed by atoms with Gasteiger partial charge in [-0.25, -0.2) is 16.8 Å². The maximum atomic E-state index is 11.8. The van der Waals surface area contributed by atoms with E-state index in [9.17, 15) is 30.0 Å². The molecule has 92 valence electrons. The van der Waals surface area contributed by atoms with Crippen molar-refractivity contribution in [1.82, 2.24) is 4.13 Å². The molecule has 0 rings (SSSR count). The molecule has 0 spiro atoms. The summed E-state index contributed by atoms with van der Waals surface area (Å²) >= 11 is 2.86. The minimum absolute atomic E-state index is 0.00269. The highest BCUT2D eigenvalue weighted by molar-refractivity contribution is 9.09. The molecule has 0 amide bonds. The summed E-state index contributed by atoms with van der Waals surface area (Å²) in [6.07, 6.45) is 0.00269. The molecule has 0 saturated carbocycles.